The van der Waals surface area contributed by atoms with Crippen LogP contribution in [0.4, 0.5) is 11.5 Å². The number of anilines is 2. The number of aromatic amines is 1. The Kier molecular flexibility index (Phi) is 3.19. The number of thiazole rings is 1. The molecule has 0 radical (unpaired) electrons. The van der Waals surface area contributed by atoms with Gasteiger partial charge in [0, 0.05) is 18.1 Å². The van der Waals surface area contributed by atoms with E-state index in [1.54, 1.807) is 0 Å². The average molecular weight is 267 g/mol. The highest BCUT2D eigenvalue weighted by Crippen LogP contribution is 2.13. The summed E-state index contributed by atoms with van der Waals surface area (Å²) < 4.78 is 1.18. The third kappa shape index (κ3) is 2.28. The summed E-state index contributed by atoms with van der Waals surface area (Å²) in [5, 5.41) is 5.67. The van der Waals surface area contributed by atoms with E-state index >= 15 is 0 Å². The molecule has 0 unspecified atom stereocenters. The Morgan fingerprint density at radius 1 is 1.56 bits per heavy atom. The van der Waals surface area contributed by atoms with Gasteiger partial charge in [0.2, 0.25) is 0 Å². The summed E-state index contributed by atoms with van der Waals surface area (Å²) in [6, 6.07) is 0. The molecule has 0 fully saturated rings. The maximum atomic E-state index is 11.6. The fourth-order valence-corrected chi connectivity index (χ4v) is 2.17. The molecular formula is C10H13N5O2S. The van der Waals surface area contributed by atoms with Gasteiger partial charge in [-0.25, -0.2) is 9.78 Å². The van der Waals surface area contributed by atoms with E-state index in [2.05, 4.69) is 15.3 Å². The lowest BCUT2D eigenvalue weighted by atomic mass is 10.4. The SMILES string of the molecule is Cc1csc(CNc2c(N)n(C)c(=O)[nH]c2=O)n1. The van der Waals surface area contributed by atoms with Crippen molar-refractivity contribution in [3.8, 4) is 0 Å². The molecule has 2 aromatic heterocycles. The van der Waals surface area contributed by atoms with Crippen LogP contribution < -0.4 is 22.3 Å². The van der Waals surface area contributed by atoms with E-state index in [0.717, 1.165) is 10.7 Å². The zero-order valence-corrected chi connectivity index (χ0v) is 10.8. The molecule has 0 amide bonds. The van der Waals surface area contributed by atoms with E-state index in [-0.39, 0.29) is 11.5 Å². The molecular weight excluding hydrogens is 254 g/mol. The van der Waals surface area contributed by atoms with Crippen molar-refractivity contribution in [2.24, 2.45) is 7.05 Å². The lowest BCUT2D eigenvalue weighted by Gasteiger charge is -2.09. The summed E-state index contributed by atoms with van der Waals surface area (Å²) in [6.45, 7) is 2.29. The molecule has 0 aliphatic rings. The molecule has 7 nitrogen and oxygen atoms in total. The number of nitrogen functional groups attached to an aromatic ring is 1. The second kappa shape index (κ2) is 4.65. The lowest BCUT2D eigenvalue weighted by Crippen LogP contribution is -2.32. The van der Waals surface area contributed by atoms with Crippen molar-refractivity contribution in [3.05, 3.63) is 36.9 Å². The van der Waals surface area contributed by atoms with Crippen molar-refractivity contribution in [2.45, 2.75) is 13.5 Å². The number of aromatic nitrogens is 3. The number of hydrogen-bond donors (Lipinski definition) is 3. The third-order valence-corrected chi connectivity index (χ3v) is 3.42. The van der Waals surface area contributed by atoms with Crippen molar-refractivity contribution in [1.82, 2.24) is 14.5 Å². The summed E-state index contributed by atoms with van der Waals surface area (Å²) in [6.07, 6.45) is 0. The number of nitrogens with zero attached hydrogens (tertiary/aromatic N) is 2. The lowest BCUT2D eigenvalue weighted by molar-refractivity contribution is 0.812. The van der Waals surface area contributed by atoms with Gasteiger partial charge >= 0.3 is 5.69 Å². The molecule has 2 rings (SSSR count). The number of hydrogen-bond acceptors (Lipinski definition) is 6. The van der Waals surface area contributed by atoms with Gasteiger partial charge in [-0.15, -0.1) is 11.3 Å². The van der Waals surface area contributed by atoms with Crippen LogP contribution in [0.5, 0.6) is 0 Å². The number of rotatable bonds is 3. The minimum atomic E-state index is -0.534. The van der Waals surface area contributed by atoms with Gasteiger partial charge in [0.25, 0.3) is 5.56 Å². The molecule has 0 atom stereocenters. The fraction of sp³-hybridized carbons (Fsp3) is 0.300. The Balaban J connectivity index is 2.27. The fourth-order valence-electron chi connectivity index (χ4n) is 1.46. The van der Waals surface area contributed by atoms with Gasteiger partial charge in [-0.1, -0.05) is 0 Å². The number of nitrogens with one attached hydrogen (secondary N) is 2. The van der Waals surface area contributed by atoms with Crippen LogP contribution >= 0.6 is 11.3 Å². The zero-order valence-electron chi connectivity index (χ0n) is 9.98. The van der Waals surface area contributed by atoms with Crippen LogP contribution in [0, 0.1) is 6.92 Å². The monoisotopic (exact) mass is 267 g/mol. The van der Waals surface area contributed by atoms with Crippen LogP contribution in [-0.4, -0.2) is 14.5 Å². The largest absolute Gasteiger partial charge is 0.383 e. The van der Waals surface area contributed by atoms with Crippen LogP contribution in [0.1, 0.15) is 10.7 Å². The summed E-state index contributed by atoms with van der Waals surface area (Å²) >= 11 is 1.49. The van der Waals surface area contributed by atoms with E-state index < -0.39 is 11.2 Å². The van der Waals surface area contributed by atoms with E-state index in [4.69, 9.17) is 5.73 Å². The van der Waals surface area contributed by atoms with Crippen molar-refractivity contribution < 1.29 is 0 Å². The van der Waals surface area contributed by atoms with Gasteiger partial charge in [0.1, 0.15) is 16.5 Å². The van der Waals surface area contributed by atoms with Crippen LogP contribution in [-0.2, 0) is 13.6 Å². The van der Waals surface area contributed by atoms with Gasteiger partial charge in [-0.2, -0.15) is 0 Å². The normalized spacial score (nSPS) is 10.6. The Bertz CT molecular complexity index is 684. The molecule has 0 saturated carbocycles. The predicted octanol–water partition coefficient (Wildman–Crippen LogP) is 0.0328. The highest BCUT2D eigenvalue weighted by Gasteiger charge is 2.10. The van der Waals surface area contributed by atoms with E-state index in [1.807, 2.05) is 12.3 Å². The zero-order chi connectivity index (χ0) is 13.3. The van der Waals surface area contributed by atoms with Crippen molar-refractivity contribution >= 4 is 22.8 Å². The summed E-state index contributed by atoms with van der Waals surface area (Å²) in [5.74, 6) is 0.108. The topological polar surface area (TPSA) is 106 Å². The van der Waals surface area contributed by atoms with Crippen molar-refractivity contribution in [2.75, 3.05) is 11.1 Å². The molecule has 2 aromatic rings. The van der Waals surface area contributed by atoms with E-state index in [1.165, 1.54) is 23.0 Å². The van der Waals surface area contributed by atoms with Crippen LogP contribution in [0.15, 0.2) is 15.0 Å². The second-order valence-corrected chi connectivity index (χ2v) is 4.76. The van der Waals surface area contributed by atoms with E-state index in [0.29, 0.717) is 6.54 Å². The molecule has 4 N–H and O–H groups in total. The molecule has 0 bridgehead atoms. The Hall–Kier alpha value is -2.09. The molecule has 0 aliphatic heterocycles. The highest BCUT2D eigenvalue weighted by atomic mass is 32.1. The smallest absolute Gasteiger partial charge is 0.329 e. The predicted molar refractivity (Wildman–Crippen MR) is 70.9 cm³/mol. The first-order valence-corrected chi connectivity index (χ1v) is 6.10. The van der Waals surface area contributed by atoms with Gasteiger partial charge in [0.15, 0.2) is 0 Å². The molecule has 18 heavy (non-hydrogen) atoms. The maximum absolute atomic E-state index is 11.6. The number of H-pyrrole nitrogens is 1. The molecule has 0 aliphatic carbocycles. The van der Waals surface area contributed by atoms with Gasteiger partial charge in [-0.3, -0.25) is 14.3 Å². The Morgan fingerprint density at radius 2 is 2.28 bits per heavy atom. The first-order valence-electron chi connectivity index (χ1n) is 5.22. The summed E-state index contributed by atoms with van der Waals surface area (Å²) in [4.78, 5) is 29.3. The molecule has 0 aromatic carbocycles. The van der Waals surface area contributed by atoms with Gasteiger partial charge < -0.3 is 11.1 Å². The molecule has 0 spiro atoms. The van der Waals surface area contributed by atoms with Gasteiger partial charge in [0.05, 0.1) is 6.54 Å². The first kappa shape index (κ1) is 12.4. The number of aryl methyl sites for hydroxylation is 1. The molecule has 2 heterocycles. The summed E-state index contributed by atoms with van der Waals surface area (Å²) in [5.41, 5.74) is 5.77. The summed E-state index contributed by atoms with van der Waals surface area (Å²) in [7, 11) is 1.49. The quantitative estimate of drug-likeness (QED) is 0.727. The van der Waals surface area contributed by atoms with Gasteiger partial charge in [-0.05, 0) is 6.92 Å². The van der Waals surface area contributed by atoms with Crippen molar-refractivity contribution in [1.29, 1.82) is 0 Å². The number of nitrogens with two attached hydrogens (primary N) is 1. The standard InChI is InChI=1S/C10H13N5O2S/c1-5-4-18-6(13-5)3-12-7-8(11)15(2)10(17)14-9(7)16/h4,12H,3,11H2,1-2H3,(H,14,16,17). The second-order valence-electron chi connectivity index (χ2n) is 3.81. The Labute approximate surface area is 106 Å². The molecule has 96 valence electrons. The van der Waals surface area contributed by atoms with Crippen molar-refractivity contribution in [3.63, 3.8) is 0 Å². The van der Waals surface area contributed by atoms with Crippen LogP contribution in [0.3, 0.4) is 0 Å². The molecule has 8 heteroatoms. The minimum Gasteiger partial charge on any atom is -0.383 e. The first-order chi connectivity index (χ1) is 8.49. The Morgan fingerprint density at radius 3 is 2.89 bits per heavy atom. The van der Waals surface area contributed by atoms with Crippen LogP contribution in [0.25, 0.3) is 0 Å². The van der Waals surface area contributed by atoms with Crippen LogP contribution in [0.2, 0.25) is 0 Å². The molecule has 0 saturated heterocycles. The average Bonchev–Trinajstić information content (AvgIpc) is 2.72. The third-order valence-electron chi connectivity index (χ3n) is 2.45. The van der Waals surface area contributed by atoms with E-state index in [9.17, 15) is 9.59 Å². The maximum Gasteiger partial charge on any atom is 0.329 e. The minimum absolute atomic E-state index is 0.108. The highest BCUT2D eigenvalue weighted by molar-refractivity contribution is 7.09.